The van der Waals surface area contributed by atoms with E-state index in [2.05, 4.69) is 15.3 Å². The molecule has 0 bridgehead atoms. The van der Waals surface area contributed by atoms with E-state index >= 15 is 0 Å². The van der Waals surface area contributed by atoms with E-state index < -0.39 is 0 Å². The summed E-state index contributed by atoms with van der Waals surface area (Å²) in [7, 11) is 0. The van der Waals surface area contributed by atoms with Crippen LogP contribution in [0.3, 0.4) is 0 Å². The van der Waals surface area contributed by atoms with E-state index in [1.165, 1.54) is 19.4 Å². The van der Waals surface area contributed by atoms with Crippen LogP contribution in [0.1, 0.15) is 18.7 Å². The monoisotopic (exact) mass is 165 g/mol. The van der Waals surface area contributed by atoms with Gasteiger partial charge in [0.25, 0.3) is 0 Å². The fraction of sp³-hybridized carbons (Fsp3) is 0.667. The van der Waals surface area contributed by atoms with Gasteiger partial charge in [0.05, 0.1) is 0 Å². The van der Waals surface area contributed by atoms with E-state index in [1.807, 2.05) is 12.4 Å². The van der Waals surface area contributed by atoms with Gasteiger partial charge in [-0.05, 0) is 31.8 Å². The highest BCUT2D eigenvalue weighted by Crippen LogP contribution is 2.13. The highest BCUT2D eigenvalue weighted by Gasteiger charge is 2.13. The van der Waals surface area contributed by atoms with Crippen LogP contribution in [-0.2, 0) is 6.42 Å². The summed E-state index contributed by atoms with van der Waals surface area (Å²) in [6.45, 7) is 2.34. The van der Waals surface area contributed by atoms with Gasteiger partial charge < -0.3 is 10.3 Å². The first-order valence-corrected chi connectivity index (χ1v) is 4.64. The summed E-state index contributed by atoms with van der Waals surface area (Å²) in [6, 6.07) is 0. The molecule has 3 nitrogen and oxygen atoms in total. The van der Waals surface area contributed by atoms with Crippen molar-refractivity contribution in [3.05, 3.63) is 18.2 Å². The van der Waals surface area contributed by atoms with Crippen LogP contribution in [0.15, 0.2) is 12.4 Å². The maximum atomic E-state index is 4.23. The van der Waals surface area contributed by atoms with Gasteiger partial charge in [0.1, 0.15) is 5.82 Å². The molecule has 2 N–H and O–H groups in total. The van der Waals surface area contributed by atoms with Gasteiger partial charge in [-0.25, -0.2) is 4.98 Å². The number of imidazole rings is 1. The number of aromatic amines is 1. The molecule has 2 rings (SSSR count). The predicted octanol–water partition coefficient (Wildman–Crippen LogP) is 0.952. The van der Waals surface area contributed by atoms with E-state index in [1.54, 1.807) is 0 Å². The van der Waals surface area contributed by atoms with Crippen LogP contribution in [0.2, 0.25) is 0 Å². The third-order valence-corrected chi connectivity index (χ3v) is 2.44. The Labute approximate surface area is 72.6 Å². The summed E-state index contributed by atoms with van der Waals surface area (Å²) < 4.78 is 0. The summed E-state index contributed by atoms with van der Waals surface area (Å²) in [5.74, 6) is 1.91. The molecule has 0 radical (unpaired) electrons. The zero-order valence-electron chi connectivity index (χ0n) is 7.21. The molecular formula is C9H15N3. The molecule has 1 aliphatic rings. The van der Waals surface area contributed by atoms with E-state index in [4.69, 9.17) is 0 Å². The Kier molecular flexibility index (Phi) is 2.42. The number of rotatable bonds is 2. The normalized spacial score (nSPS) is 24.2. The Morgan fingerprint density at radius 1 is 1.58 bits per heavy atom. The van der Waals surface area contributed by atoms with Crippen LogP contribution >= 0.6 is 0 Å². The second-order valence-electron chi connectivity index (χ2n) is 3.45. The molecule has 0 aliphatic carbocycles. The minimum absolute atomic E-state index is 0.782. The third kappa shape index (κ3) is 1.85. The molecule has 1 aliphatic heterocycles. The van der Waals surface area contributed by atoms with Crippen LogP contribution in [0.4, 0.5) is 0 Å². The summed E-state index contributed by atoms with van der Waals surface area (Å²) in [5.41, 5.74) is 0. The molecule has 0 aromatic carbocycles. The van der Waals surface area contributed by atoms with E-state index in [9.17, 15) is 0 Å². The number of H-pyrrole nitrogens is 1. The van der Waals surface area contributed by atoms with Gasteiger partial charge in [0.15, 0.2) is 0 Å². The zero-order chi connectivity index (χ0) is 8.23. The number of piperidine rings is 1. The summed E-state index contributed by atoms with van der Waals surface area (Å²) >= 11 is 0. The lowest BCUT2D eigenvalue weighted by molar-refractivity contribution is 0.371. The average Bonchev–Trinajstić information content (AvgIpc) is 2.59. The van der Waals surface area contributed by atoms with Crippen molar-refractivity contribution in [2.24, 2.45) is 5.92 Å². The Bertz CT molecular complexity index is 212. The van der Waals surface area contributed by atoms with Gasteiger partial charge in [-0.3, -0.25) is 0 Å². The third-order valence-electron chi connectivity index (χ3n) is 2.44. The smallest absolute Gasteiger partial charge is 0.106 e. The molecule has 1 atom stereocenters. The highest BCUT2D eigenvalue weighted by molar-refractivity contribution is 4.90. The largest absolute Gasteiger partial charge is 0.349 e. The molecule has 2 heterocycles. The fourth-order valence-electron chi connectivity index (χ4n) is 1.78. The van der Waals surface area contributed by atoms with Crippen molar-refractivity contribution in [2.45, 2.75) is 19.3 Å². The molecule has 3 heteroatoms. The number of hydrogen-bond acceptors (Lipinski definition) is 2. The Balaban J connectivity index is 1.86. The standard InChI is InChI=1S/C9H15N3/c1-2-8(7-10-3-1)6-9-11-4-5-12-9/h4-5,8,10H,1-3,6-7H2,(H,11,12). The highest BCUT2D eigenvalue weighted by atomic mass is 14.9. The number of nitrogens with one attached hydrogen (secondary N) is 2. The van der Waals surface area contributed by atoms with Crippen LogP contribution in [-0.4, -0.2) is 23.1 Å². The second kappa shape index (κ2) is 3.72. The minimum atomic E-state index is 0.782. The molecule has 0 amide bonds. The lowest BCUT2D eigenvalue weighted by Gasteiger charge is -2.21. The Hall–Kier alpha value is -0.830. The first kappa shape index (κ1) is 7.80. The molecule has 1 saturated heterocycles. The molecule has 1 aromatic rings. The Morgan fingerprint density at radius 2 is 2.58 bits per heavy atom. The maximum Gasteiger partial charge on any atom is 0.106 e. The topological polar surface area (TPSA) is 40.7 Å². The molecule has 0 spiro atoms. The lowest BCUT2D eigenvalue weighted by atomic mass is 9.96. The van der Waals surface area contributed by atoms with Gasteiger partial charge in [0, 0.05) is 18.8 Å². The van der Waals surface area contributed by atoms with Crippen LogP contribution in [0.5, 0.6) is 0 Å². The van der Waals surface area contributed by atoms with Gasteiger partial charge in [-0.2, -0.15) is 0 Å². The van der Waals surface area contributed by atoms with E-state index in [0.29, 0.717) is 0 Å². The first-order chi connectivity index (χ1) is 5.95. The maximum absolute atomic E-state index is 4.23. The molecular weight excluding hydrogens is 150 g/mol. The summed E-state index contributed by atoms with van der Waals surface area (Å²) in [5, 5.41) is 3.41. The first-order valence-electron chi connectivity index (χ1n) is 4.64. The van der Waals surface area contributed by atoms with Crippen molar-refractivity contribution < 1.29 is 0 Å². The average molecular weight is 165 g/mol. The minimum Gasteiger partial charge on any atom is -0.349 e. The van der Waals surface area contributed by atoms with Crippen molar-refractivity contribution in [1.82, 2.24) is 15.3 Å². The molecule has 1 aromatic heterocycles. The second-order valence-corrected chi connectivity index (χ2v) is 3.45. The van der Waals surface area contributed by atoms with Crippen molar-refractivity contribution in [1.29, 1.82) is 0 Å². The lowest BCUT2D eigenvalue weighted by Crippen LogP contribution is -2.31. The van der Waals surface area contributed by atoms with Gasteiger partial charge in [0.2, 0.25) is 0 Å². The van der Waals surface area contributed by atoms with E-state index in [-0.39, 0.29) is 0 Å². The molecule has 1 fully saturated rings. The zero-order valence-corrected chi connectivity index (χ0v) is 7.21. The predicted molar refractivity (Wildman–Crippen MR) is 47.9 cm³/mol. The summed E-state index contributed by atoms with van der Waals surface area (Å²) in [4.78, 5) is 7.37. The quantitative estimate of drug-likeness (QED) is 0.685. The Morgan fingerprint density at radius 3 is 3.25 bits per heavy atom. The summed E-state index contributed by atoms with van der Waals surface area (Å²) in [6.07, 6.45) is 7.47. The number of nitrogens with zero attached hydrogens (tertiary/aromatic N) is 1. The number of aromatic nitrogens is 2. The van der Waals surface area contributed by atoms with Crippen molar-refractivity contribution in [3.63, 3.8) is 0 Å². The number of hydrogen-bond donors (Lipinski definition) is 2. The van der Waals surface area contributed by atoms with Crippen molar-refractivity contribution in [3.8, 4) is 0 Å². The van der Waals surface area contributed by atoms with Crippen LogP contribution in [0, 0.1) is 5.92 Å². The molecule has 66 valence electrons. The fourth-order valence-corrected chi connectivity index (χ4v) is 1.78. The van der Waals surface area contributed by atoms with Crippen LogP contribution in [0.25, 0.3) is 0 Å². The van der Waals surface area contributed by atoms with Gasteiger partial charge in [-0.15, -0.1) is 0 Å². The van der Waals surface area contributed by atoms with Crippen LogP contribution < -0.4 is 5.32 Å². The molecule has 12 heavy (non-hydrogen) atoms. The van der Waals surface area contributed by atoms with E-state index in [0.717, 1.165) is 24.7 Å². The SMILES string of the molecule is c1c[nH]c(CC2CCCNC2)n1. The molecule has 1 unspecified atom stereocenters. The van der Waals surface area contributed by atoms with Crippen molar-refractivity contribution in [2.75, 3.05) is 13.1 Å². The molecule has 0 saturated carbocycles. The van der Waals surface area contributed by atoms with Gasteiger partial charge in [-0.1, -0.05) is 0 Å². The van der Waals surface area contributed by atoms with Gasteiger partial charge >= 0.3 is 0 Å². The van der Waals surface area contributed by atoms with Crippen molar-refractivity contribution >= 4 is 0 Å².